The van der Waals surface area contributed by atoms with Crippen LogP contribution in [0.5, 0.6) is 0 Å². The molecule has 0 saturated heterocycles. The molecule has 90 valence electrons. The summed E-state index contributed by atoms with van der Waals surface area (Å²) >= 11 is 0. The zero-order valence-corrected chi connectivity index (χ0v) is 10.3. The molecular weight excluding hydrogens is 200 g/mol. The highest BCUT2D eigenvalue weighted by Crippen LogP contribution is 2.31. The van der Waals surface area contributed by atoms with Crippen LogP contribution >= 0.6 is 0 Å². The molecule has 0 unspecified atom stereocenters. The maximum Gasteiger partial charge on any atom is 0.0693 e. The second kappa shape index (κ2) is 5.43. The summed E-state index contributed by atoms with van der Waals surface area (Å²) in [6.07, 6.45) is 8.86. The Labute approximate surface area is 97.4 Å². The van der Waals surface area contributed by atoms with Gasteiger partial charge >= 0.3 is 0 Å². The third-order valence-corrected chi connectivity index (χ3v) is 3.45. The standard InChI is InChI=1S/C12H22N4/c1-10(2)13-9-11-3-5-12(6-4-11)16-8-7-14-15-16/h7-8,10-13H,3-6,9H2,1-2H3. The second-order valence-electron chi connectivity index (χ2n) is 5.12. The topological polar surface area (TPSA) is 42.7 Å². The molecule has 16 heavy (non-hydrogen) atoms. The fourth-order valence-electron chi connectivity index (χ4n) is 2.43. The van der Waals surface area contributed by atoms with E-state index in [0.717, 1.165) is 5.92 Å². The zero-order valence-electron chi connectivity index (χ0n) is 10.3. The largest absolute Gasteiger partial charge is 0.314 e. The van der Waals surface area contributed by atoms with Crippen molar-refractivity contribution in [3.8, 4) is 0 Å². The fraction of sp³-hybridized carbons (Fsp3) is 0.833. The van der Waals surface area contributed by atoms with Gasteiger partial charge in [0.15, 0.2) is 0 Å². The number of nitrogens with one attached hydrogen (secondary N) is 1. The van der Waals surface area contributed by atoms with E-state index in [1.54, 1.807) is 6.20 Å². The summed E-state index contributed by atoms with van der Waals surface area (Å²) in [6.45, 7) is 5.59. The van der Waals surface area contributed by atoms with Gasteiger partial charge in [-0.1, -0.05) is 19.1 Å². The normalized spacial score (nSPS) is 26.2. The van der Waals surface area contributed by atoms with Gasteiger partial charge in [-0.15, -0.1) is 5.10 Å². The lowest BCUT2D eigenvalue weighted by atomic mass is 9.86. The summed E-state index contributed by atoms with van der Waals surface area (Å²) in [5.74, 6) is 0.849. The Kier molecular flexibility index (Phi) is 3.93. The van der Waals surface area contributed by atoms with Crippen molar-refractivity contribution in [1.82, 2.24) is 20.3 Å². The molecule has 0 aliphatic heterocycles. The van der Waals surface area contributed by atoms with Gasteiger partial charge in [0.1, 0.15) is 0 Å². The molecule has 0 aromatic carbocycles. The maximum absolute atomic E-state index is 4.09. The molecule has 1 aliphatic rings. The molecular formula is C12H22N4. The van der Waals surface area contributed by atoms with Crippen LogP contribution in [0.15, 0.2) is 12.4 Å². The van der Waals surface area contributed by atoms with E-state index in [1.807, 2.05) is 10.9 Å². The molecule has 1 N–H and O–H groups in total. The minimum absolute atomic E-state index is 0.581. The average molecular weight is 222 g/mol. The highest BCUT2D eigenvalue weighted by Gasteiger charge is 2.22. The molecule has 1 saturated carbocycles. The highest BCUT2D eigenvalue weighted by molar-refractivity contribution is 4.79. The predicted octanol–water partition coefficient (Wildman–Crippen LogP) is 2.01. The second-order valence-corrected chi connectivity index (χ2v) is 5.12. The van der Waals surface area contributed by atoms with Crippen LogP contribution in [0.1, 0.15) is 45.6 Å². The van der Waals surface area contributed by atoms with E-state index < -0.39 is 0 Å². The van der Waals surface area contributed by atoms with Crippen molar-refractivity contribution in [3.05, 3.63) is 12.4 Å². The molecule has 0 amide bonds. The summed E-state index contributed by atoms with van der Waals surface area (Å²) in [5, 5.41) is 11.5. The maximum atomic E-state index is 4.09. The Morgan fingerprint density at radius 1 is 1.31 bits per heavy atom. The Balaban J connectivity index is 1.74. The van der Waals surface area contributed by atoms with Crippen molar-refractivity contribution in [2.45, 2.75) is 51.6 Å². The summed E-state index contributed by atoms with van der Waals surface area (Å²) in [6, 6.07) is 1.19. The van der Waals surface area contributed by atoms with Crippen LogP contribution in [-0.2, 0) is 0 Å². The molecule has 0 radical (unpaired) electrons. The average Bonchev–Trinajstić information content (AvgIpc) is 2.80. The molecule has 1 fully saturated rings. The van der Waals surface area contributed by atoms with Gasteiger partial charge in [-0.05, 0) is 38.1 Å². The molecule has 1 aromatic heterocycles. The summed E-state index contributed by atoms with van der Waals surface area (Å²) in [7, 11) is 0. The number of nitrogens with zero attached hydrogens (tertiary/aromatic N) is 3. The molecule has 0 bridgehead atoms. The Bertz CT molecular complexity index is 286. The molecule has 0 atom stereocenters. The van der Waals surface area contributed by atoms with Gasteiger partial charge in [-0.25, -0.2) is 4.68 Å². The van der Waals surface area contributed by atoms with Crippen molar-refractivity contribution >= 4 is 0 Å². The first-order valence-corrected chi connectivity index (χ1v) is 6.35. The van der Waals surface area contributed by atoms with Gasteiger partial charge in [0.2, 0.25) is 0 Å². The van der Waals surface area contributed by atoms with E-state index in [2.05, 4.69) is 29.5 Å². The highest BCUT2D eigenvalue weighted by atomic mass is 15.4. The summed E-state index contributed by atoms with van der Waals surface area (Å²) < 4.78 is 2.02. The SMILES string of the molecule is CC(C)NCC1CCC(n2ccnn2)CC1. The minimum atomic E-state index is 0.581. The molecule has 1 heterocycles. The van der Waals surface area contributed by atoms with Crippen molar-refractivity contribution < 1.29 is 0 Å². The van der Waals surface area contributed by atoms with Gasteiger partial charge in [-0.3, -0.25) is 0 Å². The van der Waals surface area contributed by atoms with Crippen molar-refractivity contribution in [1.29, 1.82) is 0 Å². The third kappa shape index (κ3) is 3.04. The van der Waals surface area contributed by atoms with Gasteiger partial charge in [-0.2, -0.15) is 0 Å². The molecule has 4 heteroatoms. The quantitative estimate of drug-likeness (QED) is 0.847. The van der Waals surface area contributed by atoms with Gasteiger partial charge in [0, 0.05) is 12.2 Å². The van der Waals surface area contributed by atoms with E-state index in [9.17, 15) is 0 Å². The number of aromatic nitrogens is 3. The van der Waals surface area contributed by atoms with E-state index >= 15 is 0 Å². The van der Waals surface area contributed by atoms with Crippen molar-refractivity contribution in [2.75, 3.05) is 6.54 Å². The lowest BCUT2D eigenvalue weighted by molar-refractivity contribution is 0.249. The van der Waals surface area contributed by atoms with Crippen LogP contribution in [-0.4, -0.2) is 27.6 Å². The van der Waals surface area contributed by atoms with Crippen molar-refractivity contribution in [3.63, 3.8) is 0 Å². The Morgan fingerprint density at radius 3 is 2.62 bits per heavy atom. The first-order valence-electron chi connectivity index (χ1n) is 6.35. The smallest absolute Gasteiger partial charge is 0.0693 e. The van der Waals surface area contributed by atoms with E-state index in [-0.39, 0.29) is 0 Å². The van der Waals surface area contributed by atoms with Gasteiger partial charge in [0.05, 0.1) is 12.2 Å². The van der Waals surface area contributed by atoms with Crippen molar-refractivity contribution in [2.24, 2.45) is 5.92 Å². The first-order chi connectivity index (χ1) is 7.75. The molecule has 4 nitrogen and oxygen atoms in total. The van der Waals surface area contributed by atoms with Crippen LogP contribution in [0.4, 0.5) is 0 Å². The Morgan fingerprint density at radius 2 is 2.06 bits per heavy atom. The van der Waals surface area contributed by atoms with Crippen LogP contribution in [0, 0.1) is 5.92 Å². The number of rotatable bonds is 4. The van der Waals surface area contributed by atoms with Crippen LogP contribution in [0.3, 0.4) is 0 Å². The Hall–Kier alpha value is -0.900. The monoisotopic (exact) mass is 222 g/mol. The molecule has 0 spiro atoms. The number of hydrogen-bond donors (Lipinski definition) is 1. The minimum Gasteiger partial charge on any atom is -0.314 e. The molecule has 2 rings (SSSR count). The molecule has 1 aliphatic carbocycles. The van der Waals surface area contributed by atoms with E-state index in [4.69, 9.17) is 0 Å². The van der Waals surface area contributed by atoms with E-state index in [1.165, 1.54) is 32.2 Å². The zero-order chi connectivity index (χ0) is 11.4. The van der Waals surface area contributed by atoms with Crippen LogP contribution < -0.4 is 5.32 Å². The summed E-state index contributed by atoms with van der Waals surface area (Å²) in [4.78, 5) is 0. The van der Waals surface area contributed by atoms with E-state index in [0.29, 0.717) is 12.1 Å². The third-order valence-electron chi connectivity index (χ3n) is 3.45. The first kappa shape index (κ1) is 11.6. The van der Waals surface area contributed by atoms with Gasteiger partial charge in [0.25, 0.3) is 0 Å². The van der Waals surface area contributed by atoms with Crippen LogP contribution in [0.25, 0.3) is 0 Å². The lowest BCUT2D eigenvalue weighted by Gasteiger charge is -2.29. The predicted molar refractivity (Wildman–Crippen MR) is 64.2 cm³/mol. The molecule has 1 aromatic rings. The number of hydrogen-bond acceptors (Lipinski definition) is 3. The lowest BCUT2D eigenvalue weighted by Crippen LogP contribution is -2.31. The summed E-state index contributed by atoms with van der Waals surface area (Å²) in [5.41, 5.74) is 0. The fourth-order valence-corrected chi connectivity index (χ4v) is 2.43. The van der Waals surface area contributed by atoms with Gasteiger partial charge < -0.3 is 5.32 Å². The van der Waals surface area contributed by atoms with Crippen LogP contribution in [0.2, 0.25) is 0 Å².